The molecule has 0 spiro atoms. The van der Waals surface area contributed by atoms with Crippen LogP contribution in [-0.4, -0.2) is 20.1 Å². The third-order valence-electron chi connectivity index (χ3n) is 3.48. The molecular weight excluding hydrogens is 288 g/mol. The molecule has 0 bridgehead atoms. The summed E-state index contributed by atoms with van der Waals surface area (Å²) < 4.78 is 58.0. The Bertz CT molecular complexity index is 432. The van der Waals surface area contributed by atoms with E-state index >= 15 is 0 Å². The first-order valence-corrected chi connectivity index (χ1v) is 6.84. The minimum absolute atomic E-state index is 0.209. The van der Waals surface area contributed by atoms with E-state index in [2.05, 4.69) is 11.7 Å². The number of rotatable bonds is 3. The topological polar surface area (TPSA) is 18.5 Å². The predicted molar refractivity (Wildman–Crippen MR) is 71.3 cm³/mol. The molecule has 1 saturated carbocycles. The monoisotopic (exact) mass is 308 g/mol. The molecule has 2 rings (SSSR count). The Balaban J connectivity index is 0.000000211. The molecule has 0 amide bonds. The molecule has 1 aliphatic rings. The summed E-state index contributed by atoms with van der Waals surface area (Å²) in [6.07, 6.45) is 4.70. The van der Waals surface area contributed by atoms with Crippen molar-refractivity contribution in [1.29, 1.82) is 0 Å². The van der Waals surface area contributed by atoms with Crippen molar-refractivity contribution in [2.75, 3.05) is 14.0 Å². The summed E-state index contributed by atoms with van der Waals surface area (Å²) in [5, 5.41) is 0. The van der Waals surface area contributed by atoms with E-state index in [4.69, 9.17) is 4.74 Å². The number of benzene rings is 1. The van der Waals surface area contributed by atoms with E-state index < -0.39 is 24.3 Å². The summed E-state index contributed by atoms with van der Waals surface area (Å²) in [5.41, 5.74) is 0. The summed E-state index contributed by atoms with van der Waals surface area (Å²) in [6, 6.07) is 1.82. The largest absolute Gasteiger partial charge is 0.494 e. The average molecular weight is 308 g/mol. The molecule has 0 radical (unpaired) electrons. The van der Waals surface area contributed by atoms with Gasteiger partial charge in [0.15, 0.2) is 24.2 Å². The molecule has 1 fully saturated rings. The normalized spacial score (nSPS) is 21.4. The first-order valence-electron chi connectivity index (χ1n) is 6.84. The number of methoxy groups -OCH3 is 1. The van der Waals surface area contributed by atoms with Gasteiger partial charge in [-0.1, -0.05) is 6.92 Å². The van der Waals surface area contributed by atoms with Crippen molar-refractivity contribution >= 4 is 0 Å². The Kier molecular flexibility index (Phi) is 7.50. The Morgan fingerprint density at radius 1 is 1.05 bits per heavy atom. The number of alkyl halides is 1. The molecule has 1 aromatic carbocycles. The smallest absolute Gasteiger partial charge is 0.203 e. The lowest BCUT2D eigenvalue weighted by atomic mass is 9.89. The van der Waals surface area contributed by atoms with E-state index in [0.29, 0.717) is 0 Å². The molecule has 21 heavy (non-hydrogen) atoms. The number of hydrogen-bond acceptors (Lipinski definition) is 2. The van der Waals surface area contributed by atoms with Crippen molar-refractivity contribution in [2.45, 2.75) is 38.7 Å². The standard InChI is InChI=1S/C8H15FO.C7H5F3O/c1-7-2-4-8(5-3-7)10-6-9;1-11-5-3-2-4(8)6(9)7(5)10/h7-8H,2-6H2,1H3;2-3H,1H3. The van der Waals surface area contributed by atoms with Gasteiger partial charge in [0.2, 0.25) is 5.82 Å². The summed E-state index contributed by atoms with van der Waals surface area (Å²) in [6.45, 7) is 1.63. The van der Waals surface area contributed by atoms with Crippen molar-refractivity contribution in [3.05, 3.63) is 29.6 Å². The SMILES string of the molecule is CC1CCC(OCF)CC1.COc1ccc(F)c(F)c1F. The molecule has 2 nitrogen and oxygen atoms in total. The molecule has 0 aromatic heterocycles. The fraction of sp³-hybridized carbons (Fsp3) is 0.600. The summed E-state index contributed by atoms with van der Waals surface area (Å²) in [4.78, 5) is 0. The van der Waals surface area contributed by atoms with Crippen LogP contribution in [0.4, 0.5) is 17.6 Å². The zero-order valence-electron chi connectivity index (χ0n) is 12.2. The number of ether oxygens (including phenoxy) is 2. The minimum atomic E-state index is -1.51. The minimum Gasteiger partial charge on any atom is -0.494 e. The highest BCUT2D eigenvalue weighted by atomic mass is 19.2. The number of halogens is 4. The lowest BCUT2D eigenvalue weighted by Gasteiger charge is -2.24. The van der Waals surface area contributed by atoms with Gasteiger partial charge in [0, 0.05) is 0 Å². The van der Waals surface area contributed by atoms with Crippen LogP contribution in [0.2, 0.25) is 0 Å². The van der Waals surface area contributed by atoms with Crippen molar-refractivity contribution in [3.8, 4) is 5.75 Å². The van der Waals surface area contributed by atoms with Crippen LogP contribution in [0, 0.1) is 23.4 Å². The van der Waals surface area contributed by atoms with E-state index in [1.807, 2.05) is 0 Å². The van der Waals surface area contributed by atoms with Crippen LogP contribution in [0.25, 0.3) is 0 Å². The van der Waals surface area contributed by atoms with Gasteiger partial charge in [0.05, 0.1) is 13.2 Å². The number of hydrogen-bond donors (Lipinski definition) is 0. The van der Waals surface area contributed by atoms with Crippen LogP contribution in [0.5, 0.6) is 5.75 Å². The first-order chi connectivity index (χ1) is 9.99. The van der Waals surface area contributed by atoms with Gasteiger partial charge in [-0.25, -0.2) is 13.2 Å². The summed E-state index contributed by atoms with van der Waals surface area (Å²) in [5.74, 6) is -3.51. The molecule has 0 heterocycles. The molecule has 1 aromatic rings. The first kappa shape index (κ1) is 17.8. The second-order valence-corrected chi connectivity index (χ2v) is 5.04. The molecule has 6 heteroatoms. The zero-order valence-corrected chi connectivity index (χ0v) is 12.2. The molecule has 0 unspecified atom stereocenters. The van der Waals surface area contributed by atoms with Crippen LogP contribution in [0.3, 0.4) is 0 Å². The van der Waals surface area contributed by atoms with Crippen LogP contribution in [-0.2, 0) is 4.74 Å². The van der Waals surface area contributed by atoms with Gasteiger partial charge < -0.3 is 9.47 Å². The fourth-order valence-corrected chi connectivity index (χ4v) is 2.15. The van der Waals surface area contributed by atoms with E-state index in [0.717, 1.165) is 30.9 Å². The van der Waals surface area contributed by atoms with Gasteiger partial charge in [-0.3, -0.25) is 0 Å². The lowest BCUT2D eigenvalue weighted by Crippen LogP contribution is -2.19. The quantitative estimate of drug-likeness (QED) is 0.599. The molecular formula is C15H20F4O2. The van der Waals surface area contributed by atoms with Gasteiger partial charge in [-0.15, -0.1) is 0 Å². The fourth-order valence-electron chi connectivity index (χ4n) is 2.15. The van der Waals surface area contributed by atoms with E-state index in [1.54, 1.807) is 0 Å². The van der Waals surface area contributed by atoms with Crippen molar-refractivity contribution in [1.82, 2.24) is 0 Å². The Hall–Kier alpha value is -1.30. The molecule has 0 N–H and O–H groups in total. The van der Waals surface area contributed by atoms with Crippen LogP contribution < -0.4 is 4.74 Å². The molecule has 120 valence electrons. The van der Waals surface area contributed by atoms with Crippen LogP contribution in [0.1, 0.15) is 32.6 Å². The van der Waals surface area contributed by atoms with Crippen molar-refractivity contribution in [2.24, 2.45) is 5.92 Å². The second-order valence-electron chi connectivity index (χ2n) is 5.04. The predicted octanol–water partition coefficient (Wildman–Crippen LogP) is 4.62. The van der Waals surface area contributed by atoms with Gasteiger partial charge in [-0.05, 0) is 43.7 Å². The van der Waals surface area contributed by atoms with E-state index in [1.165, 1.54) is 20.0 Å². The van der Waals surface area contributed by atoms with E-state index in [-0.39, 0.29) is 11.9 Å². The molecule has 0 aliphatic heterocycles. The highest BCUT2D eigenvalue weighted by Crippen LogP contribution is 2.25. The Morgan fingerprint density at radius 2 is 1.67 bits per heavy atom. The summed E-state index contributed by atoms with van der Waals surface area (Å²) >= 11 is 0. The average Bonchev–Trinajstić information content (AvgIpc) is 2.48. The van der Waals surface area contributed by atoms with Gasteiger partial charge in [0.1, 0.15) is 0 Å². The maximum Gasteiger partial charge on any atom is 0.203 e. The second kappa shape index (κ2) is 8.87. The van der Waals surface area contributed by atoms with Crippen LogP contribution in [0.15, 0.2) is 12.1 Å². The van der Waals surface area contributed by atoms with Crippen LogP contribution >= 0.6 is 0 Å². The highest BCUT2D eigenvalue weighted by molar-refractivity contribution is 5.25. The molecule has 0 atom stereocenters. The van der Waals surface area contributed by atoms with E-state index in [9.17, 15) is 17.6 Å². The summed E-state index contributed by atoms with van der Waals surface area (Å²) in [7, 11) is 1.18. The lowest BCUT2D eigenvalue weighted by molar-refractivity contribution is -0.0274. The Labute approximate surface area is 122 Å². The van der Waals surface area contributed by atoms with Crippen molar-refractivity contribution < 1.29 is 27.0 Å². The molecule has 1 aliphatic carbocycles. The van der Waals surface area contributed by atoms with Gasteiger partial charge >= 0.3 is 0 Å². The third kappa shape index (κ3) is 5.53. The van der Waals surface area contributed by atoms with Crippen molar-refractivity contribution in [3.63, 3.8) is 0 Å². The Morgan fingerprint density at radius 3 is 2.19 bits per heavy atom. The highest BCUT2D eigenvalue weighted by Gasteiger charge is 2.18. The maximum absolute atomic E-state index is 12.5. The third-order valence-corrected chi connectivity index (χ3v) is 3.48. The molecule has 0 saturated heterocycles. The van der Waals surface area contributed by atoms with Gasteiger partial charge in [0.25, 0.3) is 0 Å². The zero-order chi connectivity index (χ0) is 15.8. The van der Waals surface area contributed by atoms with Gasteiger partial charge in [-0.2, -0.15) is 4.39 Å². The maximum atomic E-state index is 12.5.